The molecule has 3 unspecified atom stereocenters. The lowest BCUT2D eigenvalue weighted by Crippen LogP contribution is -2.57. The number of rotatable bonds is 2. The summed E-state index contributed by atoms with van der Waals surface area (Å²) < 4.78 is 0. The van der Waals surface area contributed by atoms with Gasteiger partial charge in [0.15, 0.2) is 0 Å². The van der Waals surface area contributed by atoms with Crippen molar-refractivity contribution in [1.82, 2.24) is 10.2 Å². The lowest BCUT2D eigenvalue weighted by Gasteiger charge is -2.46. The Kier molecular flexibility index (Phi) is 3.83. The second-order valence-corrected chi connectivity index (χ2v) is 7.92. The summed E-state index contributed by atoms with van der Waals surface area (Å²) in [6, 6.07) is 0.536. The monoisotopic (exact) mass is 278 g/mol. The Morgan fingerprint density at radius 1 is 1.10 bits per heavy atom. The maximum atomic E-state index is 13.0. The van der Waals surface area contributed by atoms with Crippen molar-refractivity contribution in [3.63, 3.8) is 0 Å². The molecule has 0 radical (unpaired) electrons. The predicted octanol–water partition coefficient (Wildman–Crippen LogP) is 2.94. The SMILES string of the molecule is CNC1CCCC(C)(C)N(C2CC3CCC(C3)C2)C1=O. The molecule has 3 heteroatoms. The number of hydrogen-bond acceptors (Lipinski definition) is 2. The summed E-state index contributed by atoms with van der Waals surface area (Å²) in [5.41, 5.74) is 0.0319. The fourth-order valence-corrected chi connectivity index (χ4v) is 5.07. The van der Waals surface area contributed by atoms with Gasteiger partial charge in [-0.05, 0) is 71.3 Å². The van der Waals surface area contributed by atoms with E-state index in [0.717, 1.165) is 31.1 Å². The van der Waals surface area contributed by atoms with Crippen LogP contribution in [0.5, 0.6) is 0 Å². The molecule has 2 aliphatic carbocycles. The Hall–Kier alpha value is -0.570. The van der Waals surface area contributed by atoms with E-state index in [1.165, 1.54) is 32.1 Å². The molecule has 0 aromatic heterocycles. The summed E-state index contributed by atoms with van der Waals surface area (Å²) in [4.78, 5) is 15.3. The van der Waals surface area contributed by atoms with E-state index in [2.05, 4.69) is 24.1 Å². The van der Waals surface area contributed by atoms with Gasteiger partial charge in [0.1, 0.15) is 0 Å². The number of likely N-dealkylation sites (tertiary alicyclic amines) is 1. The number of carbonyl (C=O) groups excluding carboxylic acids is 1. The lowest BCUT2D eigenvalue weighted by molar-refractivity contribution is -0.142. The first-order valence-corrected chi connectivity index (χ1v) is 8.51. The highest BCUT2D eigenvalue weighted by molar-refractivity contribution is 5.83. The molecule has 1 heterocycles. The number of likely N-dealkylation sites (N-methyl/N-ethyl adjacent to an activating group) is 1. The third-order valence-electron chi connectivity index (χ3n) is 6.04. The minimum atomic E-state index is 0.0319. The van der Waals surface area contributed by atoms with E-state index in [1.807, 2.05) is 7.05 Å². The Balaban J connectivity index is 1.84. The molecular formula is C17H30N2O. The normalized spacial score (nSPS) is 40.8. The number of amides is 1. The molecule has 3 atom stereocenters. The van der Waals surface area contributed by atoms with Crippen LogP contribution in [0, 0.1) is 11.8 Å². The average Bonchev–Trinajstić information content (AvgIpc) is 2.67. The molecule has 3 aliphatic rings. The van der Waals surface area contributed by atoms with Gasteiger partial charge in [0.2, 0.25) is 5.91 Å². The van der Waals surface area contributed by atoms with Gasteiger partial charge in [-0.1, -0.05) is 12.8 Å². The number of nitrogens with one attached hydrogen (secondary N) is 1. The molecule has 1 N–H and O–H groups in total. The first-order valence-electron chi connectivity index (χ1n) is 8.51. The Morgan fingerprint density at radius 2 is 1.75 bits per heavy atom. The minimum absolute atomic E-state index is 0.0319. The van der Waals surface area contributed by atoms with Gasteiger partial charge >= 0.3 is 0 Å². The molecular weight excluding hydrogens is 248 g/mol. The number of nitrogens with zero attached hydrogens (tertiary/aromatic N) is 1. The van der Waals surface area contributed by atoms with Crippen LogP contribution in [-0.4, -0.2) is 35.5 Å². The Morgan fingerprint density at radius 3 is 2.35 bits per heavy atom. The zero-order chi connectivity index (χ0) is 14.3. The smallest absolute Gasteiger partial charge is 0.240 e. The summed E-state index contributed by atoms with van der Waals surface area (Å²) in [6.07, 6.45) is 10.0. The van der Waals surface area contributed by atoms with Crippen LogP contribution in [-0.2, 0) is 4.79 Å². The Labute approximate surface area is 123 Å². The molecule has 20 heavy (non-hydrogen) atoms. The van der Waals surface area contributed by atoms with E-state index in [4.69, 9.17) is 0 Å². The molecule has 0 aromatic rings. The molecule has 0 spiro atoms. The molecule has 0 aromatic carbocycles. The maximum Gasteiger partial charge on any atom is 0.240 e. The van der Waals surface area contributed by atoms with Crippen LogP contribution in [0.15, 0.2) is 0 Å². The minimum Gasteiger partial charge on any atom is -0.333 e. The molecule has 2 saturated carbocycles. The highest BCUT2D eigenvalue weighted by Gasteiger charge is 2.45. The topological polar surface area (TPSA) is 32.3 Å². The van der Waals surface area contributed by atoms with Crippen molar-refractivity contribution in [2.45, 2.75) is 82.8 Å². The summed E-state index contributed by atoms with van der Waals surface area (Å²) in [5, 5.41) is 3.25. The van der Waals surface area contributed by atoms with E-state index in [9.17, 15) is 4.79 Å². The van der Waals surface area contributed by atoms with E-state index < -0.39 is 0 Å². The van der Waals surface area contributed by atoms with Gasteiger partial charge in [-0.25, -0.2) is 0 Å². The molecule has 2 bridgehead atoms. The zero-order valence-corrected chi connectivity index (χ0v) is 13.3. The number of hydrogen-bond donors (Lipinski definition) is 1. The number of fused-ring (bicyclic) bond motifs is 2. The van der Waals surface area contributed by atoms with Crippen LogP contribution in [0.3, 0.4) is 0 Å². The molecule has 1 amide bonds. The van der Waals surface area contributed by atoms with Gasteiger partial charge in [-0.3, -0.25) is 4.79 Å². The first-order chi connectivity index (χ1) is 9.51. The van der Waals surface area contributed by atoms with E-state index in [1.54, 1.807) is 0 Å². The van der Waals surface area contributed by atoms with Gasteiger partial charge in [-0.2, -0.15) is 0 Å². The van der Waals surface area contributed by atoms with Crippen LogP contribution in [0.1, 0.15) is 65.2 Å². The second-order valence-electron chi connectivity index (χ2n) is 7.92. The maximum absolute atomic E-state index is 13.0. The van der Waals surface area contributed by atoms with Crippen molar-refractivity contribution in [2.75, 3.05) is 7.05 Å². The lowest BCUT2D eigenvalue weighted by atomic mass is 9.82. The fourth-order valence-electron chi connectivity index (χ4n) is 5.07. The highest BCUT2D eigenvalue weighted by Crippen LogP contribution is 2.45. The van der Waals surface area contributed by atoms with Crippen LogP contribution in [0.2, 0.25) is 0 Å². The van der Waals surface area contributed by atoms with Crippen molar-refractivity contribution < 1.29 is 4.79 Å². The Bertz CT molecular complexity index is 367. The second kappa shape index (κ2) is 5.32. The van der Waals surface area contributed by atoms with Crippen molar-refractivity contribution in [3.8, 4) is 0 Å². The molecule has 1 aliphatic heterocycles. The van der Waals surface area contributed by atoms with E-state index in [-0.39, 0.29) is 11.6 Å². The van der Waals surface area contributed by atoms with Crippen LogP contribution < -0.4 is 5.32 Å². The fraction of sp³-hybridized carbons (Fsp3) is 0.941. The predicted molar refractivity (Wildman–Crippen MR) is 81.5 cm³/mol. The van der Waals surface area contributed by atoms with Gasteiger partial charge < -0.3 is 10.2 Å². The zero-order valence-electron chi connectivity index (χ0n) is 13.3. The van der Waals surface area contributed by atoms with Gasteiger partial charge in [-0.15, -0.1) is 0 Å². The highest BCUT2D eigenvalue weighted by atomic mass is 16.2. The molecule has 3 fully saturated rings. The van der Waals surface area contributed by atoms with Crippen LogP contribution in [0.25, 0.3) is 0 Å². The molecule has 3 rings (SSSR count). The van der Waals surface area contributed by atoms with Crippen molar-refractivity contribution >= 4 is 5.91 Å². The quantitative estimate of drug-likeness (QED) is 0.842. The van der Waals surface area contributed by atoms with Crippen molar-refractivity contribution in [3.05, 3.63) is 0 Å². The first kappa shape index (κ1) is 14.4. The summed E-state index contributed by atoms with van der Waals surface area (Å²) >= 11 is 0. The van der Waals surface area contributed by atoms with Gasteiger partial charge in [0.05, 0.1) is 6.04 Å². The summed E-state index contributed by atoms with van der Waals surface area (Å²) in [6.45, 7) is 4.55. The summed E-state index contributed by atoms with van der Waals surface area (Å²) in [5.74, 6) is 2.14. The third-order valence-corrected chi connectivity index (χ3v) is 6.04. The molecule has 114 valence electrons. The van der Waals surface area contributed by atoms with Crippen LogP contribution in [0.4, 0.5) is 0 Å². The third kappa shape index (κ3) is 2.49. The van der Waals surface area contributed by atoms with Crippen LogP contribution >= 0.6 is 0 Å². The molecule has 1 saturated heterocycles. The standard InChI is InChI=1S/C17H30N2O/c1-17(2)8-4-5-15(18-3)16(20)19(17)14-10-12-6-7-13(9-12)11-14/h12-15,18H,4-11H2,1-3H3. The number of carbonyl (C=O) groups is 1. The van der Waals surface area contributed by atoms with Crippen molar-refractivity contribution in [1.29, 1.82) is 0 Å². The summed E-state index contributed by atoms with van der Waals surface area (Å²) in [7, 11) is 1.93. The van der Waals surface area contributed by atoms with Gasteiger partial charge in [0, 0.05) is 11.6 Å². The van der Waals surface area contributed by atoms with Gasteiger partial charge in [0.25, 0.3) is 0 Å². The van der Waals surface area contributed by atoms with E-state index in [0.29, 0.717) is 11.9 Å². The average molecular weight is 278 g/mol. The van der Waals surface area contributed by atoms with E-state index >= 15 is 0 Å². The van der Waals surface area contributed by atoms with Crippen molar-refractivity contribution in [2.24, 2.45) is 11.8 Å². The largest absolute Gasteiger partial charge is 0.333 e. The molecule has 3 nitrogen and oxygen atoms in total.